The quantitative estimate of drug-likeness (QED) is 0.788. The zero-order chi connectivity index (χ0) is 18.2. The maximum absolute atomic E-state index is 12.5. The molecular formula is C17H23N3O4S. The van der Waals surface area contributed by atoms with Crippen molar-refractivity contribution in [3.63, 3.8) is 0 Å². The summed E-state index contributed by atoms with van der Waals surface area (Å²) in [6.07, 6.45) is 1.82. The van der Waals surface area contributed by atoms with Gasteiger partial charge in [-0.2, -0.15) is 0 Å². The molecule has 0 spiro atoms. The first-order valence-corrected chi connectivity index (χ1v) is 9.86. The third kappa shape index (κ3) is 3.28. The zero-order valence-corrected chi connectivity index (χ0v) is 15.3. The molecule has 8 heteroatoms. The van der Waals surface area contributed by atoms with Crippen molar-refractivity contribution >= 4 is 21.8 Å². The van der Waals surface area contributed by atoms with E-state index in [4.69, 9.17) is 0 Å². The van der Waals surface area contributed by atoms with E-state index in [9.17, 15) is 18.0 Å². The van der Waals surface area contributed by atoms with E-state index >= 15 is 0 Å². The topological polar surface area (TPSA) is 78.0 Å². The monoisotopic (exact) mass is 365 g/mol. The molecule has 0 saturated carbocycles. The third-order valence-electron chi connectivity index (χ3n) is 5.07. The molecule has 0 aliphatic carbocycles. The molecule has 0 unspecified atom stereocenters. The van der Waals surface area contributed by atoms with Gasteiger partial charge < -0.3 is 9.80 Å². The van der Waals surface area contributed by atoms with Crippen LogP contribution in [0.25, 0.3) is 0 Å². The second-order valence-corrected chi connectivity index (χ2v) is 8.50. The standard InChI is InChI=1S/C17H23N3O4S/c1-18-10-7-13(8-11-18)19(2)16(21)9-12-20-17(22)14-5-3-4-6-15(14)25(20,23)24/h3-6,13H,7-12H2,1-2H3. The lowest BCUT2D eigenvalue weighted by molar-refractivity contribution is -0.132. The van der Waals surface area contributed by atoms with Crippen LogP contribution in [0.15, 0.2) is 29.2 Å². The lowest BCUT2D eigenvalue weighted by Gasteiger charge is -2.35. The maximum atomic E-state index is 12.5. The molecule has 1 fully saturated rings. The van der Waals surface area contributed by atoms with Crippen molar-refractivity contribution < 1.29 is 18.0 Å². The molecule has 1 aromatic carbocycles. The van der Waals surface area contributed by atoms with Gasteiger partial charge in [0.05, 0.1) is 5.56 Å². The van der Waals surface area contributed by atoms with E-state index in [1.165, 1.54) is 12.1 Å². The Morgan fingerprint density at radius 3 is 2.52 bits per heavy atom. The number of carbonyl (C=O) groups excluding carboxylic acids is 2. The van der Waals surface area contributed by atoms with Gasteiger partial charge in [0, 0.05) is 26.1 Å². The summed E-state index contributed by atoms with van der Waals surface area (Å²) < 4.78 is 25.8. The summed E-state index contributed by atoms with van der Waals surface area (Å²) in [4.78, 5) is 28.7. The summed E-state index contributed by atoms with van der Waals surface area (Å²) in [7, 11) is -0.0303. The van der Waals surface area contributed by atoms with Gasteiger partial charge in [0.1, 0.15) is 4.90 Å². The van der Waals surface area contributed by atoms with Crippen LogP contribution in [-0.2, 0) is 14.8 Å². The van der Waals surface area contributed by atoms with Crippen molar-refractivity contribution in [3.05, 3.63) is 29.8 Å². The SMILES string of the molecule is CN1CCC(N(C)C(=O)CCN2C(=O)c3ccccc3S2(=O)=O)CC1. The van der Waals surface area contributed by atoms with Crippen LogP contribution in [0, 0.1) is 0 Å². The number of amides is 2. The van der Waals surface area contributed by atoms with Crippen molar-refractivity contribution in [1.29, 1.82) is 0 Å². The van der Waals surface area contributed by atoms with Crippen molar-refractivity contribution in [1.82, 2.24) is 14.1 Å². The van der Waals surface area contributed by atoms with Gasteiger partial charge >= 0.3 is 0 Å². The first-order valence-electron chi connectivity index (χ1n) is 8.42. The number of sulfonamides is 1. The van der Waals surface area contributed by atoms with Crippen LogP contribution in [-0.4, -0.2) is 74.1 Å². The highest BCUT2D eigenvalue weighted by atomic mass is 32.2. The van der Waals surface area contributed by atoms with Gasteiger partial charge in [-0.3, -0.25) is 9.59 Å². The highest BCUT2D eigenvalue weighted by Gasteiger charge is 2.41. The first kappa shape index (κ1) is 17.9. The van der Waals surface area contributed by atoms with Crippen LogP contribution in [0.2, 0.25) is 0 Å². The van der Waals surface area contributed by atoms with Gasteiger partial charge in [0.15, 0.2) is 0 Å². The fourth-order valence-electron chi connectivity index (χ4n) is 3.41. The molecule has 7 nitrogen and oxygen atoms in total. The molecule has 3 rings (SSSR count). The zero-order valence-electron chi connectivity index (χ0n) is 14.5. The van der Waals surface area contributed by atoms with E-state index in [1.807, 2.05) is 0 Å². The molecule has 1 aromatic rings. The van der Waals surface area contributed by atoms with Crippen molar-refractivity contribution in [2.75, 3.05) is 33.7 Å². The molecule has 25 heavy (non-hydrogen) atoms. The summed E-state index contributed by atoms with van der Waals surface area (Å²) in [6.45, 7) is 1.76. The predicted molar refractivity (Wildman–Crippen MR) is 92.6 cm³/mol. The van der Waals surface area contributed by atoms with Gasteiger partial charge in [-0.15, -0.1) is 0 Å². The maximum Gasteiger partial charge on any atom is 0.269 e. The van der Waals surface area contributed by atoms with E-state index in [0.717, 1.165) is 30.2 Å². The molecule has 0 N–H and O–H groups in total. The van der Waals surface area contributed by atoms with E-state index in [0.29, 0.717) is 0 Å². The highest BCUT2D eigenvalue weighted by Crippen LogP contribution is 2.30. The normalized spacial score (nSPS) is 20.6. The fraction of sp³-hybridized carbons (Fsp3) is 0.529. The first-order chi connectivity index (χ1) is 11.8. The second kappa shape index (κ2) is 6.76. The largest absolute Gasteiger partial charge is 0.343 e. The molecule has 0 radical (unpaired) electrons. The molecule has 2 amide bonds. The molecule has 2 aliphatic heterocycles. The predicted octanol–water partition coefficient (Wildman–Crippen LogP) is 0.774. The molecular weight excluding hydrogens is 342 g/mol. The Labute approximate surface area is 148 Å². The Bertz CT molecular complexity index is 785. The second-order valence-electron chi connectivity index (χ2n) is 6.67. The molecule has 2 heterocycles. The van der Waals surface area contributed by atoms with Gasteiger partial charge in [-0.05, 0) is 45.1 Å². The van der Waals surface area contributed by atoms with Crippen LogP contribution >= 0.6 is 0 Å². The van der Waals surface area contributed by atoms with Crippen molar-refractivity contribution in [3.8, 4) is 0 Å². The van der Waals surface area contributed by atoms with Gasteiger partial charge in [0.2, 0.25) is 5.91 Å². The Balaban J connectivity index is 1.64. The fourth-order valence-corrected chi connectivity index (χ4v) is 4.98. The molecule has 136 valence electrons. The van der Waals surface area contributed by atoms with E-state index in [1.54, 1.807) is 24.1 Å². The average molecular weight is 365 g/mol. The number of hydrogen-bond acceptors (Lipinski definition) is 5. The van der Waals surface area contributed by atoms with Gasteiger partial charge in [0.25, 0.3) is 15.9 Å². The summed E-state index contributed by atoms with van der Waals surface area (Å²) in [5.74, 6) is -0.682. The minimum absolute atomic E-state index is 0.00178. The van der Waals surface area contributed by atoms with E-state index < -0.39 is 15.9 Å². The third-order valence-corrected chi connectivity index (χ3v) is 6.91. The van der Waals surface area contributed by atoms with Crippen LogP contribution in [0.5, 0.6) is 0 Å². The summed E-state index contributed by atoms with van der Waals surface area (Å²) in [6, 6.07) is 6.32. The summed E-state index contributed by atoms with van der Waals surface area (Å²) in [5.41, 5.74) is 0.179. The lowest BCUT2D eigenvalue weighted by Crippen LogP contribution is -2.45. The molecule has 0 atom stereocenters. The molecule has 2 aliphatic rings. The average Bonchev–Trinajstić information content (AvgIpc) is 2.80. The van der Waals surface area contributed by atoms with Crippen LogP contribution in [0.4, 0.5) is 0 Å². The Hall–Kier alpha value is -1.93. The molecule has 1 saturated heterocycles. The summed E-state index contributed by atoms with van der Waals surface area (Å²) in [5, 5.41) is 0. The van der Waals surface area contributed by atoms with Crippen molar-refractivity contribution in [2.24, 2.45) is 0 Å². The van der Waals surface area contributed by atoms with Crippen molar-refractivity contribution in [2.45, 2.75) is 30.2 Å². The highest BCUT2D eigenvalue weighted by molar-refractivity contribution is 7.90. The summed E-state index contributed by atoms with van der Waals surface area (Å²) >= 11 is 0. The van der Waals surface area contributed by atoms with E-state index in [-0.39, 0.29) is 35.4 Å². The molecule has 0 bridgehead atoms. The number of carbonyl (C=O) groups is 2. The Morgan fingerprint density at radius 1 is 1.24 bits per heavy atom. The van der Waals surface area contributed by atoms with Gasteiger partial charge in [-0.1, -0.05) is 12.1 Å². The number of likely N-dealkylation sites (tertiary alicyclic amines) is 1. The number of nitrogens with zero attached hydrogens (tertiary/aromatic N) is 3. The minimum atomic E-state index is -3.84. The minimum Gasteiger partial charge on any atom is -0.343 e. The lowest BCUT2D eigenvalue weighted by atomic mass is 10.0. The number of fused-ring (bicyclic) bond motifs is 1. The number of piperidine rings is 1. The van der Waals surface area contributed by atoms with Crippen LogP contribution < -0.4 is 0 Å². The number of rotatable bonds is 4. The molecule has 0 aromatic heterocycles. The van der Waals surface area contributed by atoms with Crippen LogP contribution in [0.1, 0.15) is 29.6 Å². The smallest absolute Gasteiger partial charge is 0.269 e. The Morgan fingerprint density at radius 2 is 1.88 bits per heavy atom. The van der Waals surface area contributed by atoms with E-state index in [2.05, 4.69) is 11.9 Å². The van der Waals surface area contributed by atoms with Crippen LogP contribution in [0.3, 0.4) is 0 Å². The number of hydrogen-bond donors (Lipinski definition) is 0. The van der Waals surface area contributed by atoms with Gasteiger partial charge in [-0.25, -0.2) is 12.7 Å². The Kier molecular flexibility index (Phi) is 4.83. The number of benzene rings is 1.